The molecule has 1 fully saturated rings. The average Bonchev–Trinajstić information content (AvgIpc) is 2.45. The van der Waals surface area contributed by atoms with Crippen LogP contribution < -0.4 is 20.4 Å². The summed E-state index contributed by atoms with van der Waals surface area (Å²) in [6.07, 6.45) is -5.70. The lowest BCUT2D eigenvalue weighted by molar-refractivity contribution is -0.274. The van der Waals surface area contributed by atoms with Crippen LogP contribution in [0.3, 0.4) is 0 Å². The number of aliphatic hydroxyl groups is 1. The zero-order valence-corrected chi connectivity index (χ0v) is 11.6. The number of hydroxylamine groups is 1. The van der Waals surface area contributed by atoms with Crippen molar-refractivity contribution in [2.45, 2.75) is 18.9 Å². The van der Waals surface area contributed by atoms with Crippen LogP contribution in [0.15, 0.2) is 24.3 Å². The van der Waals surface area contributed by atoms with Gasteiger partial charge in [-0.3, -0.25) is 9.59 Å². The highest BCUT2D eigenvalue weighted by atomic mass is 19.4. The first-order chi connectivity index (χ1) is 10.8. The molecule has 2 atom stereocenters. The summed E-state index contributed by atoms with van der Waals surface area (Å²) >= 11 is 0. The fourth-order valence-electron chi connectivity index (χ4n) is 1.97. The van der Waals surface area contributed by atoms with Crippen molar-refractivity contribution < 1.29 is 37.4 Å². The first kappa shape index (κ1) is 16.9. The lowest BCUT2D eigenvalue weighted by Crippen LogP contribution is -2.52. The van der Waals surface area contributed by atoms with E-state index < -0.39 is 35.9 Å². The SMILES string of the molecule is O=C1NCCC(O)C1C(=O)NOc1ccc(OC(F)(F)F)cc1. The molecular formula is C13H13F3N2O5. The van der Waals surface area contributed by atoms with Gasteiger partial charge in [-0.15, -0.1) is 13.2 Å². The summed E-state index contributed by atoms with van der Waals surface area (Å²) in [7, 11) is 0. The Labute approximate surface area is 128 Å². The Morgan fingerprint density at radius 2 is 1.87 bits per heavy atom. The molecular weight excluding hydrogens is 321 g/mol. The minimum atomic E-state index is -4.80. The smallest absolute Gasteiger partial charge is 0.406 e. The van der Waals surface area contributed by atoms with Gasteiger partial charge in [0.25, 0.3) is 5.91 Å². The van der Waals surface area contributed by atoms with Crippen molar-refractivity contribution in [3.63, 3.8) is 0 Å². The zero-order valence-electron chi connectivity index (χ0n) is 11.6. The molecule has 3 N–H and O–H groups in total. The van der Waals surface area contributed by atoms with E-state index in [0.29, 0.717) is 0 Å². The number of benzene rings is 1. The molecule has 10 heteroatoms. The van der Waals surface area contributed by atoms with Gasteiger partial charge in [0.1, 0.15) is 11.7 Å². The number of piperidine rings is 1. The fourth-order valence-corrected chi connectivity index (χ4v) is 1.97. The number of aliphatic hydroxyl groups excluding tert-OH is 1. The summed E-state index contributed by atoms with van der Waals surface area (Å²) in [5.41, 5.74) is 1.97. The van der Waals surface area contributed by atoms with E-state index in [4.69, 9.17) is 4.84 Å². The number of rotatable bonds is 4. The van der Waals surface area contributed by atoms with Crippen molar-refractivity contribution in [1.29, 1.82) is 0 Å². The molecule has 0 spiro atoms. The van der Waals surface area contributed by atoms with Crippen LogP contribution in [0.1, 0.15) is 6.42 Å². The second-order valence-electron chi connectivity index (χ2n) is 4.71. The molecule has 2 unspecified atom stereocenters. The molecule has 126 valence electrons. The molecule has 0 radical (unpaired) electrons. The number of halogens is 3. The molecule has 1 heterocycles. The standard InChI is InChI=1S/C13H13F3N2O5/c14-13(15,16)22-7-1-3-8(4-2-7)23-18-12(21)10-9(19)5-6-17-11(10)20/h1-4,9-10,19H,5-6H2,(H,17,20)(H,18,21). The van der Waals surface area contributed by atoms with E-state index >= 15 is 0 Å². The molecule has 1 aromatic carbocycles. The van der Waals surface area contributed by atoms with Crippen molar-refractivity contribution in [3.8, 4) is 11.5 Å². The number of carbonyl (C=O) groups excluding carboxylic acids is 2. The van der Waals surface area contributed by atoms with E-state index in [1.165, 1.54) is 0 Å². The van der Waals surface area contributed by atoms with Gasteiger partial charge in [0, 0.05) is 6.54 Å². The summed E-state index contributed by atoms with van der Waals surface area (Å²) in [5, 5.41) is 12.1. The van der Waals surface area contributed by atoms with E-state index in [9.17, 15) is 27.9 Å². The Morgan fingerprint density at radius 1 is 1.26 bits per heavy atom. The summed E-state index contributed by atoms with van der Waals surface area (Å²) < 4.78 is 39.7. The highest BCUT2D eigenvalue weighted by Gasteiger charge is 2.37. The predicted molar refractivity (Wildman–Crippen MR) is 69.0 cm³/mol. The van der Waals surface area contributed by atoms with Crippen LogP contribution in [0.2, 0.25) is 0 Å². The third kappa shape index (κ3) is 4.74. The van der Waals surface area contributed by atoms with E-state index in [0.717, 1.165) is 24.3 Å². The van der Waals surface area contributed by atoms with Crippen molar-refractivity contribution >= 4 is 11.8 Å². The van der Waals surface area contributed by atoms with Gasteiger partial charge in [0.2, 0.25) is 5.91 Å². The molecule has 0 saturated carbocycles. The third-order valence-corrected chi connectivity index (χ3v) is 3.02. The van der Waals surface area contributed by atoms with Gasteiger partial charge < -0.3 is 20.0 Å². The summed E-state index contributed by atoms with van der Waals surface area (Å²) in [6, 6.07) is 4.27. The Morgan fingerprint density at radius 3 is 2.43 bits per heavy atom. The molecule has 1 aromatic rings. The molecule has 2 amide bonds. The molecule has 1 aliphatic heterocycles. The van der Waals surface area contributed by atoms with E-state index in [2.05, 4.69) is 10.1 Å². The fraction of sp³-hybridized carbons (Fsp3) is 0.385. The average molecular weight is 334 g/mol. The summed E-state index contributed by atoms with van der Waals surface area (Å²) in [6.45, 7) is 0.269. The molecule has 7 nitrogen and oxygen atoms in total. The van der Waals surface area contributed by atoms with E-state index in [1.54, 1.807) is 0 Å². The zero-order chi connectivity index (χ0) is 17.0. The van der Waals surface area contributed by atoms with Crippen LogP contribution in [-0.4, -0.2) is 35.9 Å². The van der Waals surface area contributed by atoms with Crippen molar-refractivity contribution in [2.75, 3.05) is 6.54 Å². The van der Waals surface area contributed by atoms with Gasteiger partial charge in [-0.2, -0.15) is 5.48 Å². The van der Waals surface area contributed by atoms with Crippen molar-refractivity contribution in [2.24, 2.45) is 5.92 Å². The van der Waals surface area contributed by atoms with Crippen molar-refractivity contribution in [3.05, 3.63) is 24.3 Å². The Bertz CT molecular complexity index is 576. The normalized spacial score (nSPS) is 21.3. The maximum Gasteiger partial charge on any atom is 0.573 e. The number of carbonyl (C=O) groups is 2. The second kappa shape index (κ2) is 6.73. The van der Waals surface area contributed by atoms with Crippen LogP contribution in [0.25, 0.3) is 0 Å². The third-order valence-electron chi connectivity index (χ3n) is 3.02. The maximum atomic E-state index is 12.0. The van der Waals surface area contributed by atoms with Gasteiger partial charge in [-0.05, 0) is 30.7 Å². The highest BCUT2D eigenvalue weighted by Crippen LogP contribution is 2.24. The largest absolute Gasteiger partial charge is 0.573 e. The highest BCUT2D eigenvalue weighted by molar-refractivity contribution is 6.01. The molecule has 1 aliphatic rings. The van der Waals surface area contributed by atoms with Gasteiger partial charge >= 0.3 is 6.36 Å². The van der Waals surface area contributed by atoms with Crippen molar-refractivity contribution in [1.82, 2.24) is 10.8 Å². The number of amides is 2. The Balaban J connectivity index is 1.90. The second-order valence-corrected chi connectivity index (χ2v) is 4.71. The first-order valence-electron chi connectivity index (χ1n) is 6.54. The quantitative estimate of drug-likeness (QED) is 0.550. The lowest BCUT2D eigenvalue weighted by atomic mass is 9.95. The van der Waals surface area contributed by atoms with Crippen LogP contribution in [0.5, 0.6) is 11.5 Å². The molecule has 23 heavy (non-hydrogen) atoms. The summed E-state index contributed by atoms with van der Waals surface area (Å²) in [5.74, 6) is -3.21. The number of ether oxygens (including phenoxy) is 1. The molecule has 0 bridgehead atoms. The number of alkyl halides is 3. The maximum absolute atomic E-state index is 12.0. The van der Waals surface area contributed by atoms with Gasteiger partial charge in [0.15, 0.2) is 5.75 Å². The van der Waals surface area contributed by atoms with Gasteiger partial charge in [0.05, 0.1) is 6.10 Å². The topological polar surface area (TPSA) is 96.9 Å². The minimum Gasteiger partial charge on any atom is -0.406 e. The molecule has 0 aliphatic carbocycles. The Hall–Kier alpha value is -2.49. The van der Waals surface area contributed by atoms with Crippen LogP contribution in [-0.2, 0) is 9.59 Å². The number of hydrogen-bond acceptors (Lipinski definition) is 5. The monoisotopic (exact) mass is 334 g/mol. The van der Waals surface area contributed by atoms with Crippen LogP contribution >= 0.6 is 0 Å². The molecule has 0 aromatic heterocycles. The molecule has 1 saturated heterocycles. The van der Waals surface area contributed by atoms with Crippen LogP contribution in [0, 0.1) is 5.92 Å². The lowest BCUT2D eigenvalue weighted by Gasteiger charge is -2.25. The van der Waals surface area contributed by atoms with E-state index in [1.807, 2.05) is 5.48 Å². The van der Waals surface area contributed by atoms with Gasteiger partial charge in [-0.25, -0.2) is 0 Å². The number of hydrogen-bond donors (Lipinski definition) is 3. The van der Waals surface area contributed by atoms with Crippen LogP contribution in [0.4, 0.5) is 13.2 Å². The van der Waals surface area contributed by atoms with Gasteiger partial charge in [-0.1, -0.05) is 0 Å². The Kier molecular flexibility index (Phi) is 4.94. The van der Waals surface area contributed by atoms with E-state index in [-0.39, 0.29) is 18.7 Å². The first-order valence-corrected chi connectivity index (χ1v) is 6.54. The molecule has 2 rings (SSSR count). The number of nitrogens with one attached hydrogen (secondary N) is 2. The summed E-state index contributed by atoms with van der Waals surface area (Å²) in [4.78, 5) is 28.2. The predicted octanol–water partition coefficient (Wildman–Crippen LogP) is 0.492. The minimum absolute atomic E-state index is 0.0265.